The molecule has 260 valence electrons. The minimum absolute atomic E-state index is 0.0838. The number of phenols is 1. The molecule has 15 atom stereocenters. The van der Waals surface area contributed by atoms with Crippen molar-refractivity contribution >= 4 is 5.97 Å². The summed E-state index contributed by atoms with van der Waals surface area (Å²) in [5.41, 5.74) is -5.57. The van der Waals surface area contributed by atoms with Crippen molar-refractivity contribution in [2.75, 3.05) is 26.8 Å². The van der Waals surface area contributed by atoms with Gasteiger partial charge in [-0.15, -0.1) is 0 Å². The van der Waals surface area contributed by atoms with Gasteiger partial charge in [0.15, 0.2) is 11.5 Å². The van der Waals surface area contributed by atoms with Crippen molar-refractivity contribution in [3.05, 3.63) is 23.8 Å². The molecule has 0 radical (unpaired) electrons. The van der Waals surface area contributed by atoms with Gasteiger partial charge in [-0.1, -0.05) is 13.8 Å². The first-order valence-corrected chi connectivity index (χ1v) is 17.6. The zero-order chi connectivity index (χ0) is 33.5. The highest BCUT2D eigenvalue weighted by molar-refractivity contribution is 5.90. The van der Waals surface area contributed by atoms with E-state index in [-0.39, 0.29) is 41.5 Å². The van der Waals surface area contributed by atoms with Crippen LogP contribution in [0, 0.1) is 40.9 Å². The lowest BCUT2D eigenvalue weighted by Gasteiger charge is -2.69. The fourth-order valence-corrected chi connectivity index (χ4v) is 12.8. The summed E-state index contributed by atoms with van der Waals surface area (Å²) >= 11 is 0. The summed E-state index contributed by atoms with van der Waals surface area (Å²) in [7, 11) is 1.40. The molecular weight excluding hydrogens is 606 g/mol. The lowest BCUT2D eigenvalue weighted by Crippen LogP contribution is -2.78. The molecule has 4 saturated carbocycles. The number of carbonyl (C=O) groups is 1. The molecule has 8 rings (SSSR count). The van der Waals surface area contributed by atoms with Crippen LogP contribution < -0.4 is 4.74 Å². The number of phenolic OH excluding ortho intramolecular Hbond substituents is 1. The SMILES string of the molecule is COc1cc(C(=O)OC2CCC3(C)C4CCC5C6(O)C(O)C(O)C7C(CN8CC(C)CCC8C7(C)O)C6CC53OCC24O)ccc1O. The standard InChI is InChI=1S/C36H51NO10/c1-18-5-10-26-33(3,42)28-20(16-37(26)15-18)21-14-35-25(36(21,44)30(40)29(28)39)9-8-24-32(35,2)12-11-27(34(24,43)17-46-35)47-31(41)19-6-7-22(38)23(13-19)45-4/h6-7,13,18,20-21,24-30,38-40,42-44H,5,8-12,14-17H2,1-4H3. The second kappa shape index (κ2) is 10.3. The molecule has 4 bridgehead atoms. The molecule has 15 unspecified atom stereocenters. The molecule has 6 N–H and O–H groups in total. The number of aromatic hydroxyl groups is 1. The third-order valence-electron chi connectivity index (χ3n) is 14.9. The minimum Gasteiger partial charge on any atom is -0.504 e. The fraction of sp³-hybridized carbons (Fsp3) is 0.806. The number of methoxy groups -OCH3 is 1. The van der Waals surface area contributed by atoms with Crippen LogP contribution >= 0.6 is 0 Å². The number of nitrogens with zero attached hydrogens (tertiary/aromatic N) is 1. The van der Waals surface area contributed by atoms with Crippen LogP contribution in [0.5, 0.6) is 11.5 Å². The molecule has 3 heterocycles. The predicted octanol–water partition coefficient (Wildman–Crippen LogP) is 1.84. The van der Waals surface area contributed by atoms with Crippen molar-refractivity contribution in [2.24, 2.45) is 40.9 Å². The quantitative estimate of drug-likeness (QED) is 0.262. The lowest BCUT2D eigenvalue weighted by atomic mass is 9.44. The molecule has 1 aromatic carbocycles. The zero-order valence-corrected chi connectivity index (χ0v) is 27.8. The topological polar surface area (TPSA) is 169 Å². The maximum Gasteiger partial charge on any atom is 0.338 e. The largest absolute Gasteiger partial charge is 0.504 e. The molecule has 11 nitrogen and oxygen atoms in total. The van der Waals surface area contributed by atoms with E-state index in [1.807, 2.05) is 6.92 Å². The molecule has 0 amide bonds. The van der Waals surface area contributed by atoms with Crippen molar-refractivity contribution in [1.82, 2.24) is 4.90 Å². The van der Waals surface area contributed by atoms with E-state index >= 15 is 0 Å². The van der Waals surface area contributed by atoms with Gasteiger partial charge in [-0.05, 0) is 87.8 Å². The van der Waals surface area contributed by atoms with Crippen LogP contribution in [0.25, 0.3) is 0 Å². The van der Waals surface area contributed by atoms with Crippen molar-refractivity contribution in [3.63, 3.8) is 0 Å². The lowest BCUT2D eigenvalue weighted by molar-refractivity contribution is -0.350. The number of ether oxygens (including phenoxy) is 3. The number of aliphatic hydroxyl groups is 5. The summed E-state index contributed by atoms with van der Waals surface area (Å²) in [6.45, 7) is 7.56. The maximum atomic E-state index is 13.3. The number of piperidine rings is 2. The first kappa shape index (κ1) is 32.2. The van der Waals surface area contributed by atoms with Crippen LogP contribution in [0.15, 0.2) is 18.2 Å². The van der Waals surface area contributed by atoms with E-state index in [2.05, 4.69) is 18.7 Å². The molecule has 1 aromatic rings. The van der Waals surface area contributed by atoms with Crippen LogP contribution in [0.4, 0.5) is 0 Å². The van der Waals surface area contributed by atoms with E-state index in [9.17, 15) is 35.4 Å². The summed E-state index contributed by atoms with van der Waals surface area (Å²) in [5, 5.41) is 70.9. The van der Waals surface area contributed by atoms with Crippen LogP contribution in [-0.2, 0) is 9.47 Å². The van der Waals surface area contributed by atoms with Gasteiger partial charge < -0.3 is 44.8 Å². The second-order valence-corrected chi connectivity index (χ2v) is 16.8. The van der Waals surface area contributed by atoms with Gasteiger partial charge in [-0.25, -0.2) is 4.79 Å². The normalized spacial score (nSPS) is 53.2. The van der Waals surface area contributed by atoms with Gasteiger partial charge in [0, 0.05) is 42.3 Å². The smallest absolute Gasteiger partial charge is 0.338 e. The van der Waals surface area contributed by atoms with Crippen LogP contribution in [0.3, 0.4) is 0 Å². The van der Waals surface area contributed by atoms with E-state index in [0.29, 0.717) is 44.6 Å². The number of hydrogen-bond acceptors (Lipinski definition) is 11. The number of benzene rings is 1. The Morgan fingerprint density at radius 1 is 1.02 bits per heavy atom. The van der Waals surface area contributed by atoms with Crippen molar-refractivity contribution in [2.45, 2.75) is 112 Å². The Balaban J connectivity index is 1.11. The summed E-state index contributed by atoms with van der Waals surface area (Å²) in [4.78, 5) is 15.7. The Bertz CT molecular complexity index is 1450. The zero-order valence-electron chi connectivity index (χ0n) is 27.8. The second-order valence-electron chi connectivity index (χ2n) is 16.8. The van der Waals surface area contributed by atoms with E-state index in [1.165, 1.54) is 25.3 Å². The molecule has 47 heavy (non-hydrogen) atoms. The van der Waals surface area contributed by atoms with Gasteiger partial charge in [0.1, 0.15) is 23.4 Å². The van der Waals surface area contributed by atoms with Gasteiger partial charge in [0.25, 0.3) is 0 Å². The third-order valence-corrected chi connectivity index (χ3v) is 14.9. The van der Waals surface area contributed by atoms with Crippen LogP contribution in [0.2, 0.25) is 0 Å². The fourth-order valence-electron chi connectivity index (χ4n) is 12.8. The Morgan fingerprint density at radius 3 is 2.51 bits per heavy atom. The number of fused-ring (bicyclic) bond motifs is 5. The average Bonchev–Trinajstić information content (AvgIpc) is 3.29. The molecule has 11 heteroatoms. The highest BCUT2D eigenvalue weighted by atomic mass is 16.6. The summed E-state index contributed by atoms with van der Waals surface area (Å²) in [5.74, 6) is -2.10. The number of rotatable bonds is 3. The Morgan fingerprint density at radius 2 is 1.77 bits per heavy atom. The molecule has 3 aliphatic heterocycles. The highest BCUT2D eigenvalue weighted by Crippen LogP contribution is 2.74. The van der Waals surface area contributed by atoms with Gasteiger partial charge in [0.05, 0.1) is 36.6 Å². The first-order chi connectivity index (χ1) is 22.1. The summed E-state index contributed by atoms with van der Waals surface area (Å²) in [6.07, 6.45) is 0.733. The number of aliphatic hydroxyl groups excluding tert-OH is 2. The molecule has 4 aliphatic carbocycles. The van der Waals surface area contributed by atoms with Crippen LogP contribution in [-0.4, -0.2) is 115 Å². The van der Waals surface area contributed by atoms with E-state index in [0.717, 1.165) is 19.4 Å². The van der Waals surface area contributed by atoms with Crippen LogP contribution in [0.1, 0.15) is 76.1 Å². The van der Waals surface area contributed by atoms with Gasteiger partial charge >= 0.3 is 5.97 Å². The summed E-state index contributed by atoms with van der Waals surface area (Å²) in [6, 6.07) is 4.13. The van der Waals surface area contributed by atoms with Crippen molar-refractivity contribution in [1.29, 1.82) is 0 Å². The number of hydrogen-bond donors (Lipinski definition) is 6. The molecule has 7 aliphatic rings. The summed E-state index contributed by atoms with van der Waals surface area (Å²) < 4.78 is 18.0. The number of carbonyl (C=O) groups excluding carboxylic acids is 1. The van der Waals surface area contributed by atoms with E-state index in [1.54, 1.807) is 0 Å². The number of esters is 1. The molecule has 0 aromatic heterocycles. The molecule has 3 saturated heterocycles. The Hall–Kier alpha value is -1.99. The van der Waals surface area contributed by atoms with E-state index in [4.69, 9.17) is 14.2 Å². The van der Waals surface area contributed by atoms with Crippen molar-refractivity contribution in [3.8, 4) is 11.5 Å². The van der Waals surface area contributed by atoms with E-state index < -0.39 is 69.9 Å². The molecular formula is C36H51NO10. The third kappa shape index (κ3) is 3.96. The van der Waals surface area contributed by atoms with Gasteiger partial charge in [-0.3, -0.25) is 4.90 Å². The van der Waals surface area contributed by atoms with Crippen molar-refractivity contribution < 1.29 is 49.6 Å². The maximum absolute atomic E-state index is 13.3. The Labute approximate surface area is 275 Å². The monoisotopic (exact) mass is 657 g/mol. The molecule has 1 spiro atoms. The average molecular weight is 658 g/mol. The minimum atomic E-state index is -1.62. The predicted molar refractivity (Wildman–Crippen MR) is 167 cm³/mol. The van der Waals surface area contributed by atoms with Gasteiger partial charge in [-0.2, -0.15) is 0 Å². The highest BCUT2D eigenvalue weighted by Gasteiger charge is 2.82. The van der Waals surface area contributed by atoms with Gasteiger partial charge in [0.2, 0.25) is 0 Å². The first-order valence-electron chi connectivity index (χ1n) is 17.6. The Kier molecular flexibility index (Phi) is 7.05. The molecule has 7 fully saturated rings.